The van der Waals surface area contributed by atoms with Gasteiger partial charge in [0.05, 0.1) is 0 Å². The second kappa shape index (κ2) is 11.3. The van der Waals surface area contributed by atoms with Crippen LogP contribution in [-0.2, 0) is 16.1 Å². The molecule has 2 aromatic rings. The summed E-state index contributed by atoms with van der Waals surface area (Å²) in [5.41, 5.74) is 1.00. The Kier molecular flexibility index (Phi) is 7.93. The predicted molar refractivity (Wildman–Crippen MR) is 128 cm³/mol. The second-order valence-corrected chi connectivity index (χ2v) is 9.63. The van der Waals surface area contributed by atoms with E-state index in [0.29, 0.717) is 37.1 Å². The van der Waals surface area contributed by atoms with E-state index in [1.54, 1.807) is 11.1 Å². The largest absolute Gasteiger partial charge is 0.334 e. The van der Waals surface area contributed by atoms with Crippen LogP contribution in [0.1, 0.15) is 44.1 Å². The van der Waals surface area contributed by atoms with Crippen LogP contribution in [0.25, 0.3) is 0 Å². The molecule has 1 aliphatic carbocycles. The Balaban J connectivity index is 1.37. The maximum Gasteiger partial charge on any atom is 0.318 e. The molecule has 2 fully saturated rings. The molecule has 0 radical (unpaired) electrons. The van der Waals surface area contributed by atoms with Crippen molar-refractivity contribution in [3.8, 4) is 0 Å². The number of aromatic nitrogens is 1. The molecule has 4 amide bonds. The van der Waals surface area contributed by atoms with Crippen LogP contribution in [0, 0.1) is 5.92 Å². The van der Waals surface area contributed by atoms with Gasteiger partial charge < -0.3 is 20.4 Å². The summed E-state index contributed by atoms with van der Waals surface area (Å²) < 4.78 is 0. The molecule has 1 aromatic heterocycles. The number of piperazine rings is 1. The summed E-state index contributed by atoms with van der Waals surface area (Å²) in [6, 6.07) is 8.86. The normalized spacial score (nSPS) is 18.1. The number of benzene rings is 1. The van der Waals surface area contributed by atoms with E-state index < -0.39 is 6.04 Å². The summed E-state index contributed by atoms with van der Waals surface area (Å²) in [4.78, 5) is 46.2. The summed E-state index contributed by atoms with van der Waals surface area (Å²) in [6.45, 7) is 1.14. The van der Waals surface area contributed by atoms with Gasteiger partial charge in [0.15, 0.2) is 5.13 Å². The first-order valence-electron chi connectivity index (χ1n) is 11.7. The smallest absolute Gasteiger partial charge is 0.318 e. The molecule has 2 heterocycles. The number of rotatable bonds is 7. The van der Waals surface area contributed by atoms with Crippen LogP contribution in [0.2, 0.25) is 0 Å². The molecule has 2 N–H and O–H groups in total. The maximum atomic E-state index is 13.2. The molecule has 176 valence electrons. The van der Waals surface area contributed by atoms with Gasteiger partial charge in [0.2, 0.25) is 11.8 Å². The van der Waals surface area contributed by atoms with Gasteiger partial charge in [0.25, 0.3) is 0 Å². The molecule has 4 rings (SSSR count). The van der Waals surface area contributed by atoms with Crippen molar-refractivity contribution >= 4 is 34.3 Å². The molecule has 0 spiro atoms. The second-order valence-electron chi connectivity index (χ2n) is 8.74. The van der Waals surface area contributed by atoms with Gasteiger partial charge >= 0.3 is 6.03 Å². The van der Waals surface area contributed by atoms with E-state index in [1.807, 2.05) is 35.7 Å². The molecule has 33 heavy (non-hydrogen) atoms. The van der Waals surface area contributed by atoms with Crippen LogP contribution in [0.4, 0.5) is 9.93 Å². The number of hydrogen-bond acceptors (Lipinski definition) is 5. The van der Waals surface area contributed by atoms with E-state index >= 15 is 0 Å². The zero-order chi connectivity index (χ0) is 23.0. The fourth-order valence-corrected chi connectivity index (χ4v) is 5.19. The van der Waals surface area contributed by atoms with Crippen molar-refractivity contribution in [2.24, 2.45) is 5.92 Å². The highest BCUT2D eigenvalue weighted by atomic mass is 32.1. The standard InChI is InChI=1S/C24H31N5O3S/c30-21-17-28(24(32)26-16-19-9-5-2-6-10-19)12-13-29(21)20(15-18-7-3-1-4-8-18)22(31)27-23-25-11-14-33-23/h2,5-6,9-11,14,18,20H,1,3-4,7-8,12-13,15-17H2,(H,26,32)(H,25,27,31)/t20-/m0/s1. The Morgan fingerprint density at radius 3 is 2.61 bits per heavy atom. The summed E-state index contributed by atoms with van der Waals surface area (Å²) >= 11 is 1.36. The van der Waals surface area contributed by atoms with Crippen LogP contribution in [-0.4, -0.2) is 58.3 Å². The van der Waals surface area contributed by atoms with Crippen molar-refractivity contribution in [2.45, 2.75) is 51.1 Å². The summed E-state index contributed by atoms with van der Waals surface area (Å²) in [5, 5.41) is 8.12. The van der Waals surface area contributed by atoms with Crippen molar-refractivity contribution in [1.29, 1.82) is 0 Å². The number of carbonyl (C=O) groups is 3. The topological polar surface area (TPSA) is 94.6 Å². The lowest BCUT2D eigenvalue weighted by Crippen LogP contribution is -2.59. The SMILES string of the molecule is O=C(Nc1nccs1)[C@H](CC1CCCCC1)N1CCN(C(=O)NCc2ccccc2)CC1=O. The summed E-state index contributed by atoms with van der Waals surface area (Å²) in [7, 11) is 0. The average molecular weight is 470 g/mol. The molecule has 2 aliphatic rings. The van der Waals surface area contributed by atoms with E-state index in [4.69, 9.17) is 0 Å². The van der Waals surface area contributed by atoms with Crippen LogP contribution in [0.3, 0.4) is 0 Å². The molecule has 0 unspecified atom stereocenters. The number of carbonyl (C=O) groups excluding carboxylic acids is 3. The Morgan fingerprint density at radius 2 is 1.91 bits per heavy atom. The first-order valence-corrected chi connectivity index (χ1v) is 12.5. The highest BCUT2D eigenvalue weighted by Gasteiger charge is 2.37. The molecular formula is C24H31N5O3S. The van der Waals surface area contributed by atoms with Crippen LogP contribution < -0.4 is 10.6 Å². The van der Waals surface area contributed by atoms with E-state index in [-0.39, 0.29) is 24.4 Å². The fourth-order valence-electron chi connectivity index (χ4n) is 4.66. The molecule has 9 heteroatoms. The number of anilines is 1. The number of nitrogens with one attached hydrogen (secondary N) is 2. The van der Waals surface area contributed by atoms with Gasteiger partial charge in [-0.25, -0.2) is 9.78 Å². The van der Waals surface area contributed by atoms with Crippen molar-refractivity contribution in [2.75, 3.05) is 25.0 Å². The highest BCUT2D eigenvalue weighted by molar-refractivity contribution is 7.13. The lowest BCUT2D eigenvalue weighted by atomic mass is 9.84. The van der Waals surface area contributed by atoms with E-state index in [1.165, 1.54) is 35.5 Å². The quantitative estimate of drug-likeness (QED) is 0.649. The first-order chi connectivity index (χ1) is 16.1. The number of nitrogens with zero attached hydrogens (tertiary/aromatic N) is 3. The van der Waals surface area contributed by atoms with Crippen LogP contribution >= 0.6 is 11.3 Å². The predicted octanol–water partition coefficient (Wildman–Crippen LogP) is 3.47. The minimum Gasteiger partial charge on any atom is -0.334 e. The Bertz CT molecular complexity index is 931. The van der Waals surface area contributed by atoms with Gasteiger partial charge in [0.1, 0.15) is 12.6 Å². The van der Waals surface area contributed by atoms with Gasteiger partial charge in [0, 0.05) is 31.2 Å². The van der Waals surface area contributed by atoms with Crippen LogP contribution in [0.5, 0.6) is 0 Å². The lowest BCUT2D eigenvalue weighted by molar-refractivity contribution is -0.142. The molecule has 1 atom stereocenters. The minimum absolute atomic E-state index is 0.0215. The molecule has 1 saturated carbocycles. The number of thiazole rings is 1. The average Bonchev–Trinajstić information content (AvgIpc) is 3.35. The third-order valence-corrected chi connectivity index (χ3v) is 7.14. The van der Waals surface area contributed by atoms with Gasteiger partial charge in [-0.2, -0.15) is 0 Å². The maximum absolute atomic E-state index is 13.2. The Labute approximate surface area is 198 Å². The van der Waals surface area contributed by atoms with Gasteiger partial charge in [-0.1, -0.05) is 62.4 Å². The first kappa shape index (κ1) is 23.2. The molecule has 1 aliphatic heterocycles. The Morgan fingerprint density at radius 1 is 1.12 bits per heavy atom. The zero-order valence-electron chi connectivity index (χ0n) is 18.7. The third-order valence-electron chi connectivity index (χ3n) is 6.45. The molecule has 8 nitrogen and oxygen atoms in total. The zero-order valence-corrected chi connectivity index (χ0v) is 19.6. The molecular weight excluding hydrogens is 438 g/mol. The van der Waals surface area contributed by atoms with Crippen molar-refractivity contribution in [1.82, 2.24) is 20.1 Å². The van der Waals surface area contributed by atoms with Gasteiger partial charge in [-0.3, -0.25) is 9.59 Å². The number of urea groups is 1. The Hall–Kier alpha value is -2.94. The molecule has 1 saturated heterocycles. The monoisotopic (exact) mass is 469 g/mol. The highest BCUT2D eigenvalue weighted by Crippen LogP contribution is 2.29. The van der Waals surface area contributed by atoms with Gasteiger partial charge in [-0.05, 0) is 17.9 Å². The number of amides is 4. The molecule has 0 bridgehead atoms. The van der Waals surface area contributed by atoms with E-state index in [0.717, 1.165) is 18.4 Å². The van der Waals surface area contributed by atoms with E-state index in [2.05, 4.69) is 15.6 Å². The van der Waals surface area contributed by atoms with Crippen molar-refractivity contribution in [3.05, 3.63) is 47.5 Å². The summed E-state index contributed by atoms with van der Waals surface area (Å²) in [5.74, 6) is 0.0582. The summed E-state index contributed by atoms with van der Waals surface area (Å²) in [6.07, 6.45) is 8.08. The lowest BCUT2D eigenvalue weighted by Gasteiger charge is -2.39. The minimum atomic E-state index is -0.543. The molecule has 1 aromatic carbocycles. The van der Waals surface area contributed by atoms with E-state index in [9.17, 15) is 14.4 Å². The van der Waals surface area contributed by atoms with Gasteiger partial charge in [-0.15, -0.1) is 11.3 Å². The van der Waals surface area contributed by atoms with Crippen molar-refractivity contribution in [3.63, 3.8) is 0 Å². The third kappa shape index (κ3) is 6.31. The number of hydrogen-bond donors (Lipinski definition) is 2. The fraction of sp³-hybridized carbons (Fsp3) is 0.500. The van der Waals surface area contributed by atoms with Crippen LogP contribution in [0.15, 0.2) is 41.9 Å². The van der Waals surface area contributed by atoms with Crippen molar-refractivity contribution < 1.29 is 14.4 Å².